The van der Waals surface area contributed by atoms with Crippen molar-refractivity contribution in [3.05, 3.63) is 71.3 Å². The van der Waals surface area contributed by atoms with Crippen LogP contribution < -0.4 is 10.6 Å². The van der Waals surface area contributed by atoms with Crippen molar-refractivity contribution in [2.24, 2.45) is 0 Å². The summed E-state index contributed by atoms with van der Waals surface area (Å²) in [6, 6.07) is 18.5. The number of urea groups is 1. The van der Waals surface area contributed by atoms with E-state index in [9.17, 15) is 4.79 Å². The van der Waals surface area contributed by atoms with Gasteiger partial charge in [0.2, 0.25) is 0 Å². The van der Waals surface area contributed by atoms with Gasteiger partial charge in [-0.2, -0.15) is 0 Å². The average Bonchev–Trinajstić information content (AvgIpc) is 2.54. The molecule has 2 amide bonds. The van der Waals surface area contributed by atoms with E-state index in [4.69, 9.17) is 0 Å². The molecular formula is C19H24N2O. The van der Waals surface area contributed by atoms with Crippen molar-refractivity contribution in [3.63, 3.8) is 0 Å². The van der Waals surface area contributed by atoms with Gasteiger partial charge in [0, 0.05) is 13.1 Å². The van der Waals surface area contributed by atoms with Crippen molar-refractivity contribution in [2.45, 2.75) is 32.7 Å². The third kappa shape index (κ3) is 6.00. The second kappa shape index (κ2) is 8.88. The molecule has 2 N–H and O–H groups in total. The van der Waals surface area contributed by atoms with E-state index in [0.717, 1.165) is 24.8 Å². The summed E-state index contributed by atoms with van der Waals surface area (Å²) in [6.45, 7) is 3.33. The minimum atomic E-state index is -0.0961. The van der Waals surface area contributed by atoms with Crippen LogP contribution in [0.15, 0.2) is 54.6 Å². The van der Waals surface area contributed by atoms with E-state index in [1.165, 1.54) is 11.1 Å². The van der Waals surface area contributed by atoms with Crippen LogP contribution in [-0.2, 0) is 13.0 Å². The molecule has 0 aliphatic rings. The molecule has 0 aromatic heterocycles. The Bertz CT molecular complexity index is 581. The van der Waals surface area contributed by atoms with Crippen LogP contribution in [0.25, 0.3) is 0 Å². The van der Waals surface area contributed by atoms with Crippen molar-refractivity contribution in [1.29, 1.82) is 0 Å². The highest BCUT2D eigenvalue weighted by Gasteiger charge is 2.00. The Morgan fingerprint density at radius 3 is 2.45 bits per heavy atom. The van der Waals surface area contributed by atoms with Crippen molar-refractivity contribution < 1.29 is 4.79 Å². The fourth-order valence-corrected chi connectivity index (χ4v) is 2.37. The molecule has 3 nitrogen and oxygen atoms in total. The fourth-order valence-electron chi connectivity index (χ4n) is 2.37. The van der Waals surface area contributed by atoms with Gasteiger partial charge in [0.05, 0.1) is 0 Å². The number of rotatable bonds is 7. The summed E-state index contributed by atoms with van der Waals surface area (Å²) in [5.41, 5.74) is 3.69. The molecule has 0 spiro atoms. The maximum absolute atomic E-state index is 11.7. The quantitative estimate of drug-likeness (QED) is 0.749. The summed E-state index contributed by atoms with van der Waals surface area (Å²) < 4.78 is 0. The largest absolute Gasteiger partial charge is 0.338 e. The molecule has 22 heavy (non-hydrogen) atoms. The predicted octanol–water partition coefficient (Wildman–Crippen LogP) is 3.82. The SMILES string of the molecule is Cc1cccc(CNC(=O)NCCCCc2ccccc2)c1. The Labute approximate surface area is 132 Å². The molecule has 2 rings (SSSR count). The average molecular weight is 296 g/mol. The van der Waals surface area contributed by atoms with Crippen molar-refractivity contribution in [1.82, 2.24) is 10.6 Å². The molecule has 0 saturated heterocycles. The molecule has 2 aromatic rings. The Morgan fingerprint density at radius 1 is 0.909 bits per heavy atom. The molecule has 2 aromatic carbocycles. The molecule has 0 fully saturated rings. The zero-order valence-corrected chi connectivity index (χ0v) is 13.1. The predicted molar refractivity (Wildman–Crippen MR) is 90.8 cm³/mol. The van der Waals surface area contributed by atoms with E-state index in [1.54, 1.807) is 0 Å². The Kier molecular flexibility index (Phi) is 6.49. The zero-order valence-electron chi connectivity index (χ0n) is 13.1. The lowest BCUT2D eigenvalue weighted by Crippen LogP contribution is -2.35. The molecule has 0 heterocycles. The first kappa shape index (κ1) is 16.1. The Hall–Kier alpha value is -2.29. The Balaban J connectivity index is 1.56. The van der Waals surface area contributed by atoms with Gasteiger partial charge in [-0.3, -0.25) is 0 Å². The van der Waals surface area contributed by atoms with E-state index >= 15 is 0 Å². The molecule has 0 bridgehead atoms. The number of benzene rings is 2. The lowest BCUT2D eigenvalue weighted by atomic mass is 10.1. The van der Waals surface area contributed by atoms with Crippen LogP contribution in [0.3, 0.4) is 0 Å². The van der Waals surface area contributed by atoms with Crippen LogP contribution in [0.5, 0.6) is 0 Å². The van der Waals surface area contributed by atoms with E-state index in [-0.39, 0.29) is 6.03 Å². The van der Waals surface area contributed by atoms with E-state index in [2.05, 4.69) is 54.0 Å². The first-order valence-electron chi connectivity index (χ1n) is 7.85. The molecule has 0 aliphatic heterocycles. The van der Waals surface area contributed by atoms with E-state index in [1.807, 2.05) is 18.2 Å². The summed E-state index contributed by atoms with van der Waals surface area (Å²) >= 11 is 0. The maximum Gasteiger partial charge on any atom is 0.315 e. The molecule has 116 valence electrons. The number of unbranched alkanes of at least 4 members (excludes halogenated alkanes) is 1. The number of hydrogen-bond acceptors (Lipinski definition) is 1. The minimum absolute atomic E-state index is 0.0961. The second-order valence-corrected chi connectivity index (χ2v) is 5.54. The number of amides is 2. The summed E-state index contributed by atoms with van der Waals surface area (Å²) in [4.78, 5) is 11.7. The number of nitrogens with one attached hydrogen (secondary N) is 2. The lowest BCUT2D eigenvalue weighted by Gasteiger charge is -2.08. The zero-order chi connectivity index (χ0) is 15.6. The third-order valence-electron chi connectivity index (χ3n) is 3.56. The highest BCUT2D eigenvalue weighted by atomic mass is 16.2. The lowest BCUT2D eigenvalue weighted by molar-refractivity contribution is 0.240. The molecular weight excluding hydrogens is 272 g/mol. The van der Waals surface area contributed by atoms with Crippen molar-refractivity contribution in [2.75, 3.05) is 6.54 Å². The highest BCUT2D eigenvalue weighted by molar-refractivity contribution is 5.73. The first-order chi connectivity index (χ1) is 10.7. The fraction of sp³-hybridized carbons (Fsp3) is 0.316. The van der Waals surface area contributed by atoms with Crippen LogP contribution in [0.2, 0.25) is 0 Å². The summed E-state index contributed by atoms with van der Waals surface area (Å²) in [6.07, 6.45) is 3.14. The molecule has 0 unspecified atom stereocenters. The van der Waals surface area contributed by atoms with Gasteiger partial charge in [0.15, 0.2) is 0 Å². The Morgan fingerprint density at radius 2 is 1.68 bits per heavy atom. The van der Waals surface area contributed by atoms with Crippen LogP contribution in [-0.4, -0.2) is 12.6 Å². The topological polar surface area (TPSA) is 41.1 Å². The number of hydrogen-bond donors (Lipinski definition) is 2. The molecule has 0 aliphatic carbocycles. The number of carbonyl (C=O) groups is 1. The molecule has 0 saturated carbocycles. The normalized spacial score (nSPS) is 10.2. The van der Waals surface area contributed by atoms with Gasteiger partial charge in [-0.25, -0.2) is 4.79 Å². The summed E-state index contributed by atoms with van der Waals surface area (Å²) in [5, 5.41) is 5.79. The molecule has 0 atom stereocenters. The molecule has 0 radical (unpaired) electrons. The van der Waals surface area contributed by atoms with Crippen molar-refractivity contribution in [3.8, 4) is 0 Å². The smallest absolute Gasteiger partial charge is 0.315 e. The van der Waals surface area contributed by atoms with Gasteiger partial charge in [-0.1, -0.05) is 60.2 Å². The van der Waals surface area contributed by atoms with Gasteiger partial charge in [-0.05, 0) is 37.3 Å². The van der Waals surface area contributed by atoms with Crippen LogP contribution in [0, 0.1) is 6.92 Å². The molecule has 3 heteroatoms. The summed E-state index contributed by atoms with van der Waals surface area (Å²) in [5.74, 6) is 0. The second-order valence-electron chi connectivity index (χ2n) is 5.54. The third-order valence-corrected chi connectivity index (χ3v) is 3.56. The first-order valence-corrected chi connectivity index (χ1v) is 7.85. The van der Waals surface area contributed by atoms with Crippen molar-refractivity contribution >= 4 is 6.03 Å². The monoisotopic (exact) mass is 296 g/mol. The minimum Gasteiger partial charge on any atom is -0.338 e. The number of carbonyl (C=O) groups excluding carboxylic acids is 1. The summed E-state index contributed by atoms with van der Waals surface area (Å²) in [7, 11) is 0. The van der Waals surface area contributed by atoms with Gasteiger partial charge in [0.25, 0.3) is 0 Å². The number of aryl methyl sites for hydroxylation is 2. The van der Waals surface area contributed by atoms with Crippen LogP contribution in [0.4, 0.5) is 4.79 Å². The van der Waals surface area contributed by atoms with Gasteiger partial charge < -0.3 is 10.6 Å². The maximum atomic E-state index is 11.7. The highest BCUT2D eigenvalue weighted by Crippen LogP contribution is 2.04. The van der Waals surface area contributed by atoms with Gasteiger partial charge in [-0.15, -0.1) is 0 Å². The van der Waals surface area contributed by atoms with Crippen LogP contribution in [0.1, 0.15) is 29.5 Å². The van der Waals surface area contributed by atoms with Gasteiger partial charge >= 0.3 is 6.03 Å². The standard InChI is InChI=1S/C19H24N2O/c1-16-8-7-12-18(14-16)15-21-19(22)20-13-6-5-11-17-9-3-2-4-10-17/h2-4,7-10,12,14H,5-6,11,13,15H2,1H3,(H2,20,21,22). The van der Waals surface area contributed by atoms with E-state index < -0.39 is 0 Å². The van der Waals surface area contributed by atoms with Crippen LogP contribution >= 0.6 is 0 Å². The van der Waals surface area contributed by atoms with Gasteiger partial charge in [0.1, 0.15) is 0 Å². The van der Waals surface area contributed by atoms with E-state index in [0.29, 0.717) is 13.1 Å².